The number of piperidine rings is 2. The van der Waals surface area contributed by atoms with Crippen molar-refractivity contribution in [1.29, 1.82) is 0 Å². The third-order valence-corrected chi connectivity index (χ3v) is 5.19. The summed E-state index contributed by atoms with van der Waals surface area (Å²) in [6.45, 7) is 2.80. The van der Waals surface area contributed by atoms with Crippen molar-refractivity contribution in [3.05, 3.63) is 28.9 Å². The summed E-state index contributed by atoms with van der Waals surface area (Å²) in [6.07, 6.45) is 5.19. The first kappa shape index (κ1) is 20.4. The van der Waals surface area contributed by atoms with E-state index in [0.717, 1.165) is 25.9 Å². The summed E-state index contributed by atoms with van der Waals surface area (Å²) < 4.78 is 1.33. The average molecular weight is 384 g/mol. The molecule has 0 aliphatic carbocycles. The third kappa shape index (κ3) is 4.42. The molecule has 0 saturated carbocycles. The standard InChI is InChI=1S/C17H25N5O3.ClH/c1-18-7-10-22-14-5-9-20(11-13(14)3-4-15(22)23)16(24)12-21-8-2-6-19-17(21)25;/h2,6,8,13-14,18H,3-5,7,9-12H2,1H3;1H/t13-,14+;/m0./s1. The number of halogens is 1. The summed E-state index contributed by atoms with van der Waals surface area (Å²) in [5.41, 5.74) is -0.410. The molecule has 0 bridgehead atoms. The van der Waals surface area contributed by atoms with Crippen LogP contribution in [0.5, 0.6) is 0 Å². The van der Waals surface area contributed by atoms with Gasteiger partial charge in [0.05, 0.1) is 0 Å². The van der Waals surface area contributed by atoms with Gasteiger partial charge in [-0.05, 0) is 31.9 Å². The van der Waals surface area contributed by atoms with Gasteiger partial charge >= 0.3 is 5.69 Å². The molecule has 0 spiro atoms. The molecule has 2 atom stereocenters. The van der Waals surface area contributed by atoms with Crippen LogP contribution < -0.4 is 11.0 Å². The number of likely N-dealkylation sites (tertiary alicyclic amines) is 2. The second kappa shape index (κ2) is 9.14. The fraction of sp³-hybridized carbons (Fsp3) is 0.647. The molecule has 2 amide bonds. The summed E-state index contributed by atoms with van der Waals surface area (Å²) in [5.74, 6) is 0.475. The van der Waals surface area contributed by atoms with Gasteiger partial charge < -0.3 is 15.1 Å². The first-order valence-corrected chi connectivity index (χ1v) is 8.83. The molecule has 144 valence electrons. The van der Waals surface area contributed by atoms with E-state index in [4.69, 9.17) is 0 Å². The molecule has 2 saturated heterocycles. The Morgan fingerprint density at radius 1 is 1.35 bits per heavy atom. The second-order valence-electron chi connectivity index (χ2n) is 6.72. The maximum atomic E-state index is 12.6. The number of fused-ring (bicyclic) bond motifs is 1. The van der Waals surface area contributed by atoms with Crippen molar-refractivity contribution < 1.29 is 9.59 Å². The zero-order valence-corrected chi connectivity index (χ0v) is 15.8. The fourth-order valence-corrected chi connectivity index (χ4v) is 3.85. The zero-order valence-electron chi connectivity index (χ0n) is 15.0. The molecule has 8 nitrogen and oxygen atoms in total. The minimum atomic E-state index is -0.410. The van der Waals surface area contributed by atoms with Gasteiger partial charge in [0.15, 0.2) is 0 Å². The van der Waals surface area contributed by atoms with Crippen LogP contribution in [0, 0.1) is 5.92 Å². The quantitative estimate of drug-likeness (QED) is 0.756. The lowest BCUT2D eigenvalue weighted by Crippen LogP contribution is -2.58. The number of carbonyl (C=O) groups is 2. The fourth-order valence-electron chi connectivity index (χ4n) is 3.85. The van der Waals surface area contributed by atoms with Crippen molar-refractivity contribution in [2.75, 3.05) is 33.2 Å². The molecule has 0 radical (unpaired) electrons. The molecule has 2 fully saturated rings. The van der Waals surface area contributed by atoms with Crippen molar-refractivity contribution in [3.8, 4) is 0 Å². The molecule has 3 rings (SSSR count). The highest BCUT2D eigenvalue weighted by Crippen LogP contribution is 2.31. The van der Waals surface area contributed by atoms with E-state index in [0.29, 0.717) is 25.4 Å². The number of carbonyl (C=O) groups excluding carboxylic acids is 2. The predicted molar refractivity (Wildman–Crippen MR) is 99.1 cm³/mol. The highest BCUT2D eigenvalue weighted by atomic mass is 35.5. The summed E-state index contributed by atoms with van der Waals surface area (Å²) in [7, 11) is 1.88. The van der Waals surface area contributed by atoms with Crippen molar-refractivity contribution in [2.24, 2.45) is 5.92 Å². The first-order chi connectivity index (χ1) is 12.1. The van der Waals surface area contributed by atoms with Gasteiger partial charge in [0, 0.05) is 51.0 Å². The van der Waals surface area contributed by atoms with Gasteiger partial charge in [-0.25, -0.2) is 9.78 Å². The molecular weight excluding hydrogens is 358 g/mol. The van der Waals surface area contributed by atoms with Crippen molar-refractivity contribution >= 4 is 24.2 Å². The molecule has 26 heavy (non-hydrogen) atoms. The zero-order chi connectivity index (χ0) is 17.8. The number of hydrogen-bond acceptors (Lipinski definition) is 5. The minimum Gasteiger partial charge on any atom is -0.341 e. The smallest absolute Gasteiger partial charge is 0.341 e. The highest BCUT2D eigenvalue weighted by Gasteiger charge is 2.39. The summed E-state index contributed by atoms with van der Waals surface area (Å²) >= 11 is 0. The minimum absolute atomic E-state index is 0. The average Bonchev–Trinajstić information content (AvgIpc) is 2.62. The molecule has 0 aromatic carbocycles. The van der Waals surface area contributed by atoms with E-state index >= 15 is 0 Å². The Hall–Kier alpha value is -1.93. The van der Waals surface area contributed by atoms with Crippen LogP contribution in [-0.2, 0) is 16.1 Å². The largest absolute Gasteiger partial charge is 0.347 e. The molecule has 1 N–H and O–H groups in total. The number of nitrogens with zero attached hydrogens (tertiary/aromatic N) is 4. The van der Waals surface area contributed by atoms with Crippen LogP contribution in [-0.4, -0.2) is 70.4 Å². The van der Waals surface area contributed by atoms with Crippen molar-refractivity contribution in [2.45, 2.75) is 31.8 Å². The number of likely N-dealkylation sites (N-methyl/N-ethyl adjacent to an activating group) is 1. The molecule has 2 aliphatic rings. The summed E-state index contributed by atoms with van der Waals surface area (Å²) in [6, 6.07) is 1.87. The number of amides is 2. The summed E-state index contributed by atoms with van der Waals surface area (Å²) in [4.78, 5) is 43.9. The second-order valence-corrected chi connectivity index (χ2v) is 6.72. The van der Waals surface area contributed by atoms with Crippen LogP contribution in [0.4, 0.5) is 0 Å². The maximum absolute atomic E-state index is 12.6. The van der Waals surface area contributed by atoms with Crippen molar-refractivity contribution in [1.82, 2.24) is 24.7 Å². The topological polar surface area (TPSA) is 87.5 Å². The maximum Gasteiger partial charge on any atom is 0.347 e. The molecular formula is C17H26ClN5O3. The molecule has 1 aromatic heterocycles. The van der Waals surface area contributed by atoms with Gasteiger partial charge in [-0.15, -0.1) is 12.4 Å². The van der Waals surface area contributed by atoms with Gasteiger partial charge in [-0.2, -0.15) is 0 Å². The van der Waals surface area contributed by atoms with Crippen LogP contribution in [0.3, 0.4) is 0 Å². The lowest BCUT2D eigenvalue weighted by molar-refractivity contribution is -0.144. The number of rotatable bonds is 5. The van der Waals surface area contributed by atoms with E-state index in [2.05, 4.69) is 10.3 Å². The van der Waals surface area contributed by atoms with E-state index in [1.54, 1.807) is 12.3 Å². The Morgan fingerprint density at radius 3 is 2.88 bits per heavy atom. The van der Waals surface area contributed by atoms with Gasteiger partial charge in [0.2, 0.25) is 11.8 Å². The van der Waals surface area contributed by atoms with Gasteiger partial charge in [-0.1, -0.05) is 0 Å². The molecule has 9 heteroatoms. The van der Waals surface area contributed by atoms with E-state index in [1.807, 2.05) is 16.8 Å². The molecule has 1 aromatic rings. The monoisotopic (exact) mass is 383 g/mol. The lowest BCUT2D eigenvalue weighted by Gasteiger charge is -2.47. The first-order valence-electron chi connectivity index (χ1n) is 8.83. The molecule has 2 aliphatic heterocycles. The van der Waals surface area contributed by atoms with E-state index < -0.39 is 5.69 Å². The Bertz CT molecular complexity index is 695. The van der Waals surface area contributed by atoms with Gasteiger partial charge in [0.25, 0.3) is 0 Å². The van der Waals surface area contributed by atoms with Crippen molar-refractivity contribution in [3.63, 3.8) is 0 Å². The number of nitrogens with one attached hydrogen (secondary N) is 1. The molecule has 0 unspecified atom stereocenters. The summed E-state index contributed by atoms with van der Waals surface area (Å²) in [5, 5.41) is 3.09. The third-order valence-electron chi connectivity index (χ3n) is 5.19. The van der Waals surface area contributed by atoms with E-state index in [1.165, 1.54) is 10.8 Å². The molecule has 3 heterocycles. The Labute approximate surface area is 159 Å². The highest BCUT2D eigenvalue weighted by molar-refractivity contribution is 5.85. The van der Waals surface area contributed by atoms with E-state index in [9.17, 15) is 14.4 Å². The van der Waals surface area contributed by atoms with E-state index in [-0.39, 0.29) is 36.8 Å². The Kier molecular flexibility index (Phi) is 7.16. The van der Waals surface area contributed by atoms with Crippen LogP contribution in [0.1, 0.15) is 19.3 Å². The lowest BCUT2D eigenvalue weighted by atomic mass is 9.83. The van der Waals surface area contributed by atoms with Crippen LogP contribution in [0.2, 0.25) is 0 Å². The number of hydrogen-bond donors (Lipinski definition) is 1. The van der Waals surface area contributed by atoms with Gasteiger partial charge in [-0.3, -0.25) is 14.2 Å². The Morgan fingerprint density at radius 2 is 2.15 bits per heavy atom. The van der Waals surface area contributed by atoms with Gasteiger partial charge in [0.1, 0.15) is 6.54 Å². The normalized spacial score (nSPS) is 22.6. The van der Waals surface area contributed by atoms with Crippen LogP contribution >= 0.6 is 12.4 Å². The number of aromatic nitrogens is 2. The predicted octanol–water partition coefficient (Wildman–Crippen LogP) is -0.276. The Balaban J connectivity index is 0.00000243. The van der Waals surface area contributed by atoms with Crippen LogP contribution in [0.25, 0.3) is 0 Å². The van der Waals surface area contributed by atoms with Crippen LogP contribution in [0.15, 0.2) is 23.3 Å². The SMILES string of the molecule is CNCCN1C(=O)CC[C@H]2CN(C(=O)Cn3cccnc3=O)CC[C@H]21.Cl.